The molecule has 0 saturated carbocycles. The first-order chi connectivity index (χ1) is 10.1. The molecule has 4 atom stereocenters. The molecule has 0 spiro atoms. The maximum Gasteiger partial charge on any atom is 0.163 e. The van der Waals surface area contributed by atoms with Gasteiger partial charge in [-0.3, -0.25) is 0 Å². The lowest BCUT2D eigenvalue weighted by Crippen LogP contribution is -2.42. The zero-order chi connectivity index (χ0) is 14.9. The molecule has 0 aliphatic carbocycles. The summed E-state index contributed by atoms with van der Waals surface area (Å²) in [6.07, 6.45) is -1.54. The molecule has 1 aromatic carbocycles. The summed E-state index contributed by atoms with van der Waals surface area (Å²) >= 11 is 0. The van der Waals surface area contributed by atoms with Gasteiger partial charge in [0.15, 0.2) is 5.79 Å². The molecule has 0 aromatic heterocycles. The van der Waals surface area contributed by atoms with Crippen molar-refractivity contribution in [2.45, 2.75) is 50.7 Å². The van der Waals surface area contributed by atoms with Crippen LogP contribution in [0.2, 0.25) is 0 Å². The first-order valence-electron chi connectivity index (χ1n) is 7.32. The summed E-state index contributed by atoms with van der Waals surface area (Å²) in [4.78, 5) is 0. The van der Waals surface area contributed by atoms with Crippen molar-refractivity contribution in [2.24, 2.45) is 0 Å². The molecule has 0 amide bonds. The predicted octanol–water partition coefficient (Wildman–Crippen LogP) is 1.48. The van der Waals surface area contributed by atoms with E-state index in [1.807, 2.05) is 44.2 Å². The molecule has 1 aromatic rings. The third kappa shape index (κ3) is 3.44. The molecule has 116 valence electrons. The van der Waals surface area contributed by atoms with Crippen LogP contribution in [0.25, 0.3) is 0 Å². The minimum absolute atomic E-state index is 0.210. The minimum Gasteiger partial charge on any atom is -0.388 e. The molecule has 0 unspecified atom stereocenters. The molecule has 5 heteroatoms. The quantitative estimate of drug-likeness (QED) is 0.911. The number of ether oxygens (including phenoxy) is 4. The van der Waals surface area contributed by atoms with E-state index in [-0.39, 0.29) is 18.8 Å². The predicted molar refractivity (Wildman–Crippen MR) is 75.7 cm³/mol. The molecule has 0 bridgehead atoms. The Labute approximate surface area is 124 Å². The summed E-state index contributed by atoms with van der Waals surface area (Å²) in [5.74, 6) is -0.606. The van der Waals surface area contributed by atoms with Crippen LogP contribution in [-0.4, -0.2) is 48.5 Å². The summed E-state index contributed by atoms with van der Waals surface area (Å²) < 4.78 is 22.9. The van der Waals surface area contributed by atoms with Crippen LogP contribution >= 0.6 is 0 Å². The Morgan fingerprint density at radius 1 is 1.24 bits per heavy atom. The Balaban J connectivity index is 1.62. The van der Waals surface area contributed by atoms with Crippen LogP contribution in [0.4, 0.5) is 0 Å². The molecule has 2 aliphatic heterocycles. The second-order valence-electron chi connectivity index (χ2n) is 5.99. The largest absolute Gasteiger partial charge is 0.388 e. The van der Waals surface area contributed by atoms with E-state index >= 15 is 0 Å². The van der Waals surface area contributed by atoms with Crippen LogP contribution in [0.5, 0.6) is 0 Å². The van der Waals surface area contributed by atoms with Crippen LogP contribution < -0.4 is 0 Å². The molecule has 1 N–H and O–H groups in total. The fourth-order valence-electron chi connectivity index (χ4n) is 2.79. The minimum atomic E-state index is -0.633. The molecule has 2 heterocycles. The summed E-state index contributed by atoms with van der Waals surface area (Å²) in [6, 6.07) is 9.89. The second-order valence-corrected chi connectivity index (χ2v) is 5.99. The van der Waals surface area contributed by atoms with E-state index in [9.17, 15) is 5.11 Å². The monoisotopic (exact) mass is 294 g/mol. The van der Waals surface area contributed by atoms with Crippen molar-refractivity contribution in [3.8, 4) is 0 Å². The van der Waals surface area contributed by atoms with Crippen LogP contribution in [0, 0.1) is 0 Å². The molecule has 2 fully saturated rings. The summed E-state index contributed by atoms with van der Waals surface area (Å²) in [6.45, 7) is 4.91. The standard InChI is InChI=1S/C16H22O5/c1-16(2)20-10-13(21-16)15-14(12(17)9-19-15)18-8-11-6-4-3-5-7-11/h3-7,12-15,17H,8-10H2,1-2H3/t12-,13+,14+,15+/m1/s1. The highest BCUT2D eigenvalue weighted by atomic mass is 16.8. The van der Waals surface area contributed by atoms with Crippen molar-refractivity contribution < 1.29 is 24.1 Å². The van der Waals surface area contributed by atoms with Crippen LogP contribution in [0.15, 0.2) is 30.3 Å². The Morgan fingerprint density at radius 3 is 2.67 bits per heavy atom. The van der Waals surface area contributed by atoms with Gasteiger partial charge < -0.3 is 24.1 Å². The summed E-state index contributed by atoms with van der Waals surface area (Å²) in [5.41, 5.74) is 1.07. The van der Waals surface area contributed by atoms with E-state index < -0.39 is 18.0 Å². The molecule has 21 heavy (non-hydrogen) atoms. The van der Waals surface area contributed by atoms with Crippen molar-refractivity contribution in [1.82, 2.24) is 0 Å². The smallest absolute Gasteiger partial charge is 0.163 e. The fraction of sp³-hybridized carbons (Fsp3) is 0.625. The molecule has 2 aliphatic rings. The lowest BCUT2D eigenvalue weighted by Gasteiger charge is -2.26. The average Bonchev–Trinajstić information content (AvgIpc) is 3.00. The van der Waals surface area contributed by atoms with Gasteiger partial charge >= 0.3 is 0 Å². The number of benzene rings is 1. The van der Waals surface area contributed by atoms with Crippen molar-refractivity contribution >= 4 is 0 Å². The van der Waals surface area contributed by atoms with E-state index in [0.717, 1.165) is 5.56 Å². The Bertz CT molecular complexity index is 461. The Hall–Kier alpha value is -0.980. The Kier molecular flexibility index (Phi) is 4.28. The molecular weight excluding hydrogens is 272 g/mol. The third-order valence-electron chi connectivity index (χ3n) is 3.84. The van der Waals surface area contributed by atoms with Crippen LogP contribution in [0.1, 0.15) is 19.4 Å². The van der Waals surface area contributed by atoms with E-state index in [4.69, 9.17) is 18.9 Å². The molecular formula is C16H22O5. The fourth-order valence-corrected chi connectivity index (χ4v) is 2.79. The zero-order valence-electron chi connectivity index (χ0n) is 12.4. The number of hydrogen-bond acceptors (Lipinski definition) is 5. The first-order valence-corrected chi connectivity index (χ1v) is 7.32. The van der Waals surface area contributed by atoms with E-state index in [1.165, 1.54) is 0 Å². The molecule has 5 nitrogen and oxygen atoms in total. The maximum absolute atomic E-state index is 10.1. The van der Waals surface area contributed by atoms with Gasteiger partial charge in [0.2, 0.25) is 0 Å². The second kappa shape index (κ2) is 6.02. The summed E-state index contributed by atoms with van der Waals surface area (Å²) in [7, 11) is 0. The number of hydrogen-bond donors (Lipinski definition) is 1. The Morgan fingerprint density at radius 2 is 2.00 bits per heavy atom. The van der Waals surface area contributed by atoms with Gasteiger partial charge in [0.05, 0.1) is 19.8 Å². The van der Waals surface area contributed by atoms with Gasteiger partial charge in [0.1, 0.15) is 24.4 Å². The topological polar surface area (TPSA) is 57.2 Å². The normalized spacial score (nSPS) is 35.2. The van der Waals surface area contributed by atoms with Gasteiger partial charge in [-0.25, -0.2) is 0 Å². The molecule has 0 radical (unpaired) electrons. The highest BCUT2D eigenvalue weighted by molar-refractivity contribution is 5.13. The van der Waals surface area contributed by atoms with Gasteiger partial charge in [0.25, 0.3) is 0 Å². The van der Waals surface area contributed by atoms with Gasteiger partial charge in [0, 0.05) is 0 Å². The highest BCUT2D eigenvalue weighted by Gasteiger charge is 2.47. The first kappa shape index (κ1) is 14.9. The lowest BCUT2D eigenvalue weighted by atomic mass is 10.1. The van der Waals surface area contributed by atoms with Gasteiger partial charge in [-0.15, -0.1) is 0 Å². The van der Waals surface area contributed by atoms with Crippen molar-refractivity contribution in [3.05, 3.63) is 35.9 Å². The highest BCUT2D eigenvalue weighted by Crippen LogP contribution is 2.31. The zero-order valence-corrected chi connectivity index (χ0v) is 12.4. The van der Waals surface area contributed by atoms with E-state index in [0.29, 0.717) is 13.2 Å². The van der Waals surface area contributed by atoms with Crippen molar-refractivity contribution in [2.75, 3.05) is 13.2 Å². The average molecular weight is 294 g/mol. The maximum atomic E-state index is 10.1. The summed E-state index contributed by atoms with van der Waals surface area (Å²) in [5, 5.41) is 10.1. The van der Waals surface area contributed by atoms with Crippen molar-refractivity contribution in [3.63, 3.8) is 0 Å². The number of aliphatic hydroxyl groups is 1. The van der Waals surface area contributed by atoms with Gasteiger partial charge in [-0.2, -0.15) is 0 Å². The number of aliphatic hydroxyl groups excluding tert-OH is 1. The van der Waals surface area contributed by atoms with Crippen LogP contribution in [0.3, 0.4) is 0 Å². The van der Waals surface area contributed by atoms with Crippen LogP contribution in [-0.2, 0) is 25.6 Å². The van der Waals surface area contributed by atoms with Gasteiger partial charge in [-0.1, -0.05) is 30.3 Å². The molecule has 3 rings (SSSR count). The lowest BCUT2D eigenvalue weighted by molar-refractivity contribution is -0.163. The van der Waals surface area contributed by atoms with E-state index in [2.05, 4.69) is 0 Å². The molecule has 2 saturated heterocycles. The van der Waals surface area contributed by atoms with Gasteiger partial charge in [-0.05, 0) is 19.4 Å². The van der Waals surface area contributed by atoms with E-state index in [1.54, 1.807) is 0 Å². The third-order valence-corrected chi connectivity index (χ3v) is 3.84. The van der Waals surface area contributed by atoms with Crippen molar-refractivity contribution in [1.29, 1.82) is 0 Å². The number of rotatable bonds is 4. The SMILES string of the molecule is CC1(C)OC[C@@H]([C@@H]2OC[C@@H](O)[C@@H]2OCc2ccccc2)O1.